The molecule has 0 radical (unpaired) electrons. The van der Waals surface area contributed by atoms with Gasteiger partial charge in [0.1, 0.15) is 0 Å². The van der Waals surface area contributed by atoms with Crippen molar-refractivity contribution in [3.8, 4) is 0 Å². The van der Waals surface area contributed by atoms with Gasteiger partial charge in [0.25, 0.3) is 0 Å². The maximum absolute atomic E-state index is 3.59. The molecule has 0 spiro atoms. The van der Waals surface area contributed by atoms with E-state index in [1.165, 1.54) is 19.6 Å². The van der Waals surface area contributed by atoms with Gasteiger partial charge in [-0.15, -0.1) is 0 Å². The summed E-state index contributed by atoms with van der Waals surface area (Å²) in [6, 6.07) is 0. The van der Waals surface area contributed by atoms with E-state index in [0.29, 0.717) is 10.8 Å². The van der Waals surface area contributed by atoms with Crippen LogP contribution in [0.15, 0.2) is 0 Å². The lowest BCUT2D eigenvalue weighted by molar-refractivity contribution is 0.126. The van der Waals surface area contributed by atoms with E-state index in [1.807, 2.05) is 0 Å². The fraction of sp³-hybridized carbons (Fsp3) is 1.00. The molecule has 1 aliphatic heterocycles. The summed E-state index contributed by atoms with van der Waals surface area (Å²) in [5.41, 5.74) is 0.738. The molecule has 0 atom stereocenters. The third-order valence-corrected chi connectivity index (χ3v) is 3.90. The first kappa shape index (κ1) is 12.0. The minimum absolute atomic E-state index is 0.365. The predicted octanol–water partition coefficient (Wildman–Crippen LogP) is 1.87. The highest BCUT2D eigenvalue weighted by molar-refractivity contribution is 4.85. The summed E-state index contributed by atoms with van der Waals surface area (Å²) in [7, 11) is 0. The van der Waals surface area contributed by atoms with Gasteiger partial charge in [0, 0.05) is 26.2 Å². The first-order chi connectivity index (χ1) is 6.33. The third-order valence-electron chi connectivity index (χ3n) is 3.90. The van der Waals surface area contributed by atoms with Gasteiger partial charge in [-0.1, -0.05) is 34.6 Å². The Balaban J connectivity index is 2.21. The average molecular weight is 198 g/mol. The van der Waals surface area contributed by atoms with E-state index in [4.69, 9.17) is 0 Å². The summed E-state index contributed by atoms with van der Waals surface area (Å²) in [5.74, 6) is 0.866. The van der Waals surface area contributed by atoms with Gasteiger partial charge in [0.05, 0.1) is 0 Å². The van der Waals surface area contributed by atoms with Crippen LogP contribution in [-0.4, -0.2) is 26.2 Å². The molecule has 0 aromatic rings. The van der Waals surface area contributed by atoms with Gasteiger partial charge in [0.2, 0.25) is 0 Å². The number of hydrogen-bond acceptors (Lipinski definition) is 2. The Labute approximate surface area is 88.8 Å². The molecule has 14 heavy (non-hydrogen) atoms. The molecule has 2 nitrogen and oxygen atoms in total. The van der Waals surface area contributed by atoms with E-state index >= 15 is 0 Å². The van der Waals surface area contributed by atoms with Crippen molar-refractivity contribution in [2.45, 2.75) is 34.6 Å². The van der Waals surface area contributed by atoms with E-state index in [1.54, 1.807) is 0 Å². The molecule has 1 fully saturated rings. The maximum Gasteiger partial charge on any atom is 0.000766 e. The van der Waals surface area contributed by atoms with Gasteiger partial charge in [-0.3, -0.25) is 0 Å². The monoisotopic (exact) mass is 198 g/mol. The van der Waals surface area contributed by atoms with Crippen LogP contribution in [0.1, 0.15) is 34.6 Å². The second-order valence-electron chi connectivity index (χ2n) is 6.29. The molecule has 1 rings (SSSR count). The van der Waals surface area contributed by atoms with Crippen molar-refractivity contribution in [2.75, 3.05) is 26.2 Å². The molecule has 2 N–H and O–H groups in total. The lowest BCUT2D eigenvalue weighted by Crippen LogP contribution is -2.49. The van der Waals surface area contributed by atoms with Gasteiger partial charge in [-0.25, -0.2) is 0 Å². The Hall–Kier alpha value is -0.0800. The number of hydrogen-bond donors (Lipinski definition) is 2. The van der Waals surface area contributed by atoms with Crippen LogP contribution in [0, 0.1) is 16.7 Å². The smallest absolute Gasteiger partial charge is 0.000766 e. The molecule has 0 amide bonds. The summed E-state index contributed by atoms with van der Waals surface area (Å²) < 4.78 is 0. The van der Waals surface area contributed by atoms with Gasteiger partial charge in [0.15, 0.2) is 0 Å². The third kappa shape index (κ3) is 2.96. The molecule has 0 aliphatic carbocycles. The van der Waals surface area contributed by atoms with Crippen LogP contribution in [-0.2, 0) is 0 Å². The van der Waals surface area contributed by atoms with Crippen LogP contribution in [0.3, 0.4) is 0 Å². The summed E-state index contributed by atoms with van der Waals surface area (Å²) in [6.45, 7) is 16.3. The quantitative estimate of drug-likeness (QED) is 0.720. The summed E-state index contributed by atoms with van der Waals surface area (Å²) in [6.07, 6.45) is 0. The van der Waals surface area contributed by atoms with Gasteiger partial charge < -0.3 is 10.6 Å². The zero-order valence-electron chi connectivity index (χ0n) is 10.4. The van der Waals surface area contributed by atoms with E-state index in [9.17, 15) is 0 Å². The zero-order chi connectivity index (χ0) is 10.8. The molecular formula is C12H26N2. The predicted molar refractivity (Wildman–Crippen MR) is 62.5 cm³/mol. The topological polar surface area (TPSA) is 24.1 Å². The second kappa shape index (κ2) is 4.19. The Morgan fingerprint density at radius 2 is 1.71 bits per heavy atom. The van der Waals surface area contributed by atoms with Crippen LogP contribution in [0.2, 0.25) is 0 Å². The lowest BCUT2D eigenvalue weighted by Gasteiger charge is -2.40. The molecule has 0 unspecified atom stereocenters. The minimum atomic E-state index is 0.365. The van der Waals surface area contributed by atoms with Gasteiger partial charge in [-0.2, -0.15) is 0 Å². The summed E-state index contributed by atoms with van der Waals surface area (Å²) >= 11 is 0. The van der Waals surface area contributed by atoms with Crippen LogP contribution < -0.4 is 10.6 Å². The second-order valence-corrected chi connectivity index (χ2v) is 6.29. The molecule has 2 heteroatoms. The van der Waals surface area contributed by atoms with E-state index in [2.05, 4.69) is 45.3 Å². The first-order valence-electron chi connectivity index (χ1n) is 5.74. The Bertz CT molecular complexity index is 175. The van der Waals surface area contributed by atoms with Crippen LogP contribution in [0.25, 0.3) is 0 Å². The summed E-state index contributed by atoms with van der Waals surface area (Å²) in [5, 5.41) is 6.89. The van der Waals surface area contributed by atoms with E-state index in [0.717, 1.165) is 12.5 Å². The van der Waals surface area contributed by atoms with Crippen molar-refractivity contribution < 1.29 is 0 Å². The highest BCUT2D eigenvalue weighted by Gasteiger charge is 2.32. The average Bonchev–Trinajstić information content (AvgIpc) is 1.92. The number of nitrogens with one attached hydrogen (secondary N) is 2. The van der Waals surface area contributed by atoms with Gasteiger partial charge >= 0.3 is 0 Å². The van der Waals surface area contributed by atoms with E-state index < -0.39 is 0 Å². The van der Waals surface area contributed by atoms with Crippen molar-refractivity contribution in [3.63, 3.8) is 0 Å². The van der Waals surface area contributed by atoms with Crippen molar-refractivity contribution in [1.82, 2.24) is 10.6 Å². The number of rotatable bonds is 4. The molecule has 84 valence electrons. The Morgan fingerprint density at radius 3 is 2.07 bits per heavy atom. The highest BCUT2D eigenvalue weighted by atomic mass is 15.0. The van der Waals surface area contributed by atoms with Crippen molar-refractivity contribution in [2.24, 2.45) is 16.7 Å². The fourth-order valence-electron chi connectivity index (χ4n) is 1.35. The lowest BCUT2D eigenvalue weighted by atomic mass is 9.69. The summed E-state index contributed by atoms with van der Waals surface area (Å²) in [4.78, 5) is 0. The molecule has 0 saturated carbocycles. The highest BCUT2D eigenvalue weighted by Crippen LogP contribution is 2.36. The molecule has 0 bridgehead atoms. The van der Waals surface area contributed by atoms with Gasteiger partial charge in [-0.05, 0) is 16.7 Å². The van der Waals surface area contributed by atoms with Crippen LogP contribution in [0.5, 0.6) is 0 Å². The zero-order valence-corrected chi connectivity index (χ0v) is 10.4. The molecule has 0 aromatic carbocycles. The van der Waals surface area contributed by atoms with E-state index in [-0.39, 0.29) is 0 Å². The molecule has 1 aliphatic rings. The Kier molecular flexibility index (Phi) is 3.59. The molecule has 1 heterocycles. The SMILES string of the molecule is CC(C)(C)C(C)(C)CNCC1CNC1. The molecule has 1 saturated heterocycles. The van der Waals surface area contributed by atoms with Crippen molar-refractivity contribution >= 4 is 0 Å². The first-order valence-corrected chi connectivity index (χ1v) is 5.74. The van der Waals surface area contributed by atoms with Crippen LogP contribution >= 0.6 is 0 Å². The normalized spacial score (nSPS) is 19.5. The largest absolute Gasteiger partial charge is 0.316 e. The van der Waals surface area contributed by atoms with Crippen LogP contribution in [0.4, 0.5) is 0 Å². The van der Waals surface area contributed by atoms with Crippen molar-refractivity contribution in [1.29, 1.82) is 0 Å². The fourth-order valence-corrected chi connectivity index (χ4v) is 1.35. The molecular weight excluding hydrogens is 172 g/mol. The standard InChI is InChI=1S/C12H26N2/c1-11(2,3)12(4,5)9-14-8-10-6-13-7-10/h10,13-14H,6-9H2,1-5H3. The molecule has 0 aromatic heterocycles. The maximum atomic E-state index is 3.59. The minimum Gasteiger partial charge on any atom is -0.316 e. The Morgan fingerprint density at radius 1 is 1.14 bits per heavy atom. The van der Waals surface area contributed by atoms with Crippen molar-refractivity contribution in [3.05, 3.63) is 0 Å².